The standard InChI is InChI=1S/C22H25ClN6O2S/c1-4-32(31)19-8-6-5-7-16(19)25-20-15(23)12-24-22(27-20)26-17-11-14-13-28(2)10-9-18(14)29(3)21(17)30/h5-8,11-12H,4,9-10,13H2,1-3H3,(H2,24,25,26,27). The minimum atomic E-state index is -1.14. The van der Waals surface area contributed by atoms with Gasteiger partial charge in [0.25, 0.3) is 5.56 Å². The van der Waals surface area contributed by atoms with E-state index in [1.807, 2.05) is 37.3 Å². The van der Waals surface area contributed by atoms with E-state index in [0.29, 0.717) is 32.9 Å². The SMILES string of the molecule is CC[S+]([O-])c1ccccc1Nc1nc(Nc2cc3c(n(C)c2=O)CCN(C)C3)ncc1Cl. The van der Waals surface area contributed by atoms with Crippen LogP contribution in [0.5, 0.6) is 0 Å². The highest BCUT2D eigenvalue weighted by atomic mass is 35.5. The Kier molecular flexibility index (Phi) is 6.71. The van der Waals surface area contributed by atoms with Crippen LogP contribution < -0.4 is 16.2 Å². The first-order chi connectivity index (χ1) is 15.4. The number of nitrogens with one attached hydrogen (secondary N) is 2. The van der Waals surface area contributed by atoms with Crippen LogP contribution in [0.1, 0.15) is 18.2 Å². The Labute approximate surface area is 194 Å². The molecule has 3 heterocycles. The molecule has 2 aromatic heterocycles. The lowest BCUT2D eigenvalue weighted by Gasteiger charge is -2.27. The Hall–Kier alpha value is -2.59. The van der Waals surface area contributed by atoms with E-state index in [2.05, 4.69) is 32.5 Å². The Balaban J connectivity index is 1.64. The quantitative estimate of drug-likeness (QED) is 0.530. The molecule has 168 valence electrons. The third-order valence-corrected chi connectivity index (χ3v) is 7.09. The summed E-state index contributed by atoms with van der Waals surface area (Å²) in [6.45, 7) is 3.56. The number of likely N-dealkylation sites (N-methyl/N-ethyl adjacent to an activating group) is 1. The average molecular weight is 473 g/mol. The first-order valence-corrected chi connectivity index (χ1v) is 12.0. The molecule has 4 rings (SSSR count). The number of pyridine rings is 1. The van der Waals surface area contributed by atoms with Crippen molar-refractivity contribution in [2.45, 2.75) is 24.8 Å². The number of anilines is 4. The summed E-state index contributed by atoms with van der Waals surface area (Å²) in [5, 5.41) is 6.52. The Morgan fingerprint density at radius 2 is 2.00 bits per heavy atom. The van der Waals surface area contributed by atoms with E-state index in [4.69, 9.17) is 11.6 Å². The number of benzene rings is 1. The molecule has 2 N–H and O–H groups in total. The van der Waals surface area contributed by atoms with Gasteiger partial charge in [-0.3, -0.25) is 4.79 Å². The molecule has 0 bridgehead atoms. The maximum absolute atomic E-state index is 12.9. The summed E-state index contributed by atoms with van der Waals surface area (Å²) in [6, 6.07) is 9.19. The monoisotopic (exact) mass is 472 g/mol. The largest absolute Gasteiger partial charge is 0.611 e. The fourth-order valence-corrected chi connectivity index (χ4v) is 4.79. The number of halogens is 1. The van der Waals surface area contributed by atoms with Gasteiger partial charge in [0.15, 0.2) is 10.7 Å². The molecule has 0 saturated carbocycles. The molecule has 0 amide bonds. The number of aromatic nitrogens is 3. The van der Waals surface area contributed by atoms with Crippen molar-refractivity contribution in [2.75, 3.05) is 30.0 Å². The van der Waals surface area contributed by atoms with Crippen molar-refractivity contribution in [3.63, 3.8) is 0 Å². The van der Waals surface area contributed by atoms with E-state index in [0.717, 1.165) is 30.8 Å². The number of fused-ring (bicyclic) bond motifs is 1. The van der Waals surface area contributed by atoms with E-state index < -0.39 is 11.2 Å². The zero-order chi connectivity index (χ0) is 22.8. The summed E-state index contributed by atoms with van der Waals surface area (Å²) in [7, 11) is 3.85. The molecule has 0 radical (unpaired) electrons. The van der Waals surface area contributed by atoms with Gasteiger partial charge in [0.1, 0.15) is 16.5 Å². The number of nitrogens with zero attached hydrogens (tertiary/aromatic N) is 4. The molecule has 1 aromatic carbocycles. The fourth-order valence-electron chi connectivity index (χ4n) is 3.75. The third kappa shape index (κ3) is 4.61. The number of para-hydroxylation sites is 1. The molecular formula is C22H25ClN6O2S. The predicted molar refractivity (Wildman–Crippen MR) is 129 cm³/mol. The smallest absolute Gasteiger partial charge is 0.274 e. The molecule has 0 aliphatic carbocycles. The summed E-state index contributed by atoms with van der Waals surface area (Å²) >= 11 is 5.18. The van der Waals surface area contributed by atoms with Crippen molar-refractivity contribution in [1.29, 1.82) is 0 Å². The summed E-state index contributed by atoms with van der Waals surface area (Å²) < 4.78 is 14.1. The topological polar surface area (TPSA) is 98.1 Å². The van der Waals surface area contributed by atoms with Gasteiger partial charge in [0.05, 0.1) is 11.9 Å². The van der Waals surface area contributed by atoms with Crippen LogP contribution in [-0.4, -0.2) is 43.3 Å². The highest BCUT2D eigenvalue weighted by Gasteiger charge is 2.20. The van der Waals surface area contributed by atoms with Crippen LogP contribution in [-0.2, 0) is 31.2 Å². The van der Waals surface area contributed by atoms with Crippen molar-refractivity contribution in [3.8, 4) is 0 Å². The van der Waals surface area contributed by atoms with Gasteiger partial charge in [-0.05, 0) is 48.9 Å². The second kappa shape index (κ2) is 9.50. The lowest BCUT2D eigenvalue weighted by Crippen LogP contribution is -2.33. The maximum Gasteiger partial charge on any atom is 0.274 e. The molecule has 10 heteroatoms. The lowest BCUT2D eigenvalue weighted by molar-refractivity contribution is 0.306. The van der Waals surface area contributed by atoms with E-state index in [9.17, 15) is 9.35 Å². The summed E-state index contributed by atoms with van der Waals surface area (Å²) in [5.41, 5.74) is 3.09. The molecule has 8 nitrogen and oxygen atoms in total. The number of hydrogen-bond acceptors (Lipinski definition) is 7. The Morgan fingerprint density at radius 3 is 2.78 bits per heavy atom. The normalized spacial score (nSPS) is 14.7. The molecule has 1 aliphatic rings. The summed E-state index contributed by atoms with van der Waals surface area (Å²) in [4.78, 5) is 24.5. The van der Waals surface area contributed by atoms with E-state index in [1.54, 1.807) is 11.6 Å². The van der Waals surface area contributed by atoms with E-state index in [-0.39, 0.29) is 11.5 Å². The van der Waals surface area contributed by atoms with Gasteiger partial charge in [-0.1, -0.05) is 23.7 Å². The first-order valence-electron chi connectivity index (χ1n) is 10.3. The minimum absolute atomic E-state index is 0.134. The summed E-state index contributed by atoms with van der Waals surface area (Å²) in [5.74, 6) is 1.10. The first kappa shape index (κ1) is 22.6. The highest BCUT2D eigenvalue weighted by molar-refractivity contribution is 7.91. The second-order valence-corrected chi connectivity index (χ2v) is 9.77. The van der Waals surface area contributed by atoms with Gasteiger partial charge in [-0.25, -0.2) is 4.98 Å². The highest BCUT2D eigenvalue weighted by Crippen LogP contribution is 2.29. The predicted octanol–water partition coefficient (Wildman–Crippen LogP) is 3.43. The van der Waals surface area contributed by atoms with Gasteiger partial charge in [-0.2, -0.15) is 4.98 Å². The van der Waals surface area contributed by atoms with Gasteiger partial charge < -0.3 is 24.7 Å². The van der Waals surface area contributed by atoms with Gasteiger partial charge in [-0.15, -0.1) is 0 Å². The van der Waals surface area contributed by atoms with Crippen LogP contribution in [0.25, 0.3) is 0 Å². The van der Waals surface area contributed by atoms with Crippen LogP contribution in [0.3, 0.4) is 0 Å². The molecule has 0 spiro atoms. The second-order valence-electron chi connectivity index (χ2n) is 7.65. The van der Waals surface area contributed by atoms with Gasteiger partial charge in [0, 0.05) is 32.3 Å². The van der Waals surface area contributed by atoms with Crippen molar-refractivity contribution >= 4 is 45.9 Å². The fraction of sp³-hybridized carbons (Fsp3) is 0.318. The van der Waals surface area contributed by atoms with Crippen molar-refractivity contribution in [3.05, 3.63) is 63.2 Å². The molecule has 0 fully saturated rings. The van der Waals surface area contributed by atoms with Crippen LogP contribution in [0.4, 0.5) is 23.1 Å². The van der Waals surface area contributed by atoms with Crippen LogP contribution in [0.2, 0.25) is 5.02 Å². The van der Waals surface area contributed by atoms with Crippen LogP contribution in [0.15, 0.2) is 46.2 Å². The molecular weight excluding hydrogens is 448 g/mol. The maximum atomic E-state index is 12.9. The van der Waals surface area contributed by atoms with Crippen molar-refractivity contribution in [2.24, 2.45) is 7.05 Å². The van der Waals surface area contributed by atoms with Crippen molar-refractivity contribution < 1.29 is 4.55 Å². The number of hydrogen-bond donors (Lipinski definition) is 2. The molecule has 1 unspecified atom stereocenters. The third-order valence-electron chi connectivity index (χ3n) is 5.44. The minimum Gasteiger partial charge on any atom is -0.611 e. The van der Waals surface area contributed by atoms with Crippen molar-refractivity contribution in [1.82, 2.24) is 19.4 Å². The molecule has 0 saturated heterocycles. The van der Waals surface area contributed by atoms with E-state index in [1.165, 1.54) is 6.20 Å². The summed E-state index contributed by atoms with van der Waals surface area (Å²) in [6.07, 6.45) is 2.30. The Bertz CT molecular complexity index is 1200. The van der Waals surface area contributed by atoms with Gasteiger partial charge in [0.2, 0.25) is 5.95 Å². The van der Waals surface area contributed by atoms with Crippen LogP contribution >= 0.6 is 11.6 Å². The zero-order valence-corrected chi connectivity index (χ0v) is 19.8. The van der Waals surface area contributed by atoms with E-state index >= 15 is 0 Å². The number of rotatable bonds is 6. The van der Waals surface area contributed by atoms with Gasteiger partial charge >= 0.3 is 0 Å². The molecule has 3 aromatic rings. The Morgan fingerprint density at radius 1 is 1.22 bits per heavy atom. The van der Waals surface area contributed by atoms with Crippen LogP contribution in [0, 0.1) is 0 Å². The zero-order valence-electron chi connectivity index (χ0n) is 18.2. The molecule has 32 heavy (non-hydrogen) atoms. The molecule has 1 atom stereocenters. The molecule has 1 aliphatic heterocycles. The average Bonchev–Trinajstić information content (AvgIpc) is 2.79. The lowest BCUT2D eigenvalue weighted by atomic mass is 10.1.